The molecule has 0 aliphatic rings. The first-order valence-corrected chi connectivity index (χ1v) is 3.37. The van der Waals surface area contributed by atoms with Crippen molar-refractivity contribution in [1.29, 1.82) is 0 Å². The molecule has 6 heteroatoms. The molecular weight excluding hydrogens is 160 g/mol. The Morgan fingerprint density at radius 3 is 2.92 bits per heavy atom. The smallest absolute Gasteiger partial charge is 0.325 e. The fourth-order valence-electron chi connectivity index (χ4n) is 0.719. The summed E-state index contributed by atoms with van der Waals surface area (Å²) < 4.78 is 1.38. The zero-order valence-electron chi connectivity index (χ0n) is 6.64. The van der Waals surface area contributed by atoms with Crippen molar-refractivity contribution < 1.29 is 9.90 Å². The minimum absolute atomic E-state index is 0.113. The summed E-state index contributed by atoms with van der Waals surface area (Å²) >= 11 is 0. The lowest BCUT2D eigenvalue weighted by Crippen LogP contribution is -2.48. The maximum atomic E-state index is 10.6. The molecule has 0 amide bonds. The summed E-state index contributed by atoms with van der Waals surface area (Å²) in [5.74, 6) is -1.06. The quantitative estimate of drug-likeness (QED) is 0.611. The van der Waals surface area contributed by atoms with Crippen LogP contribution in [0.5, 0.6) is 0 Å². The van der Waals surface area contributed by atoms with Crippen LogP contribution in [-0.2, 0) is 11.3 Å². The van der Waals surface area contributed by atoms with Crippen LogP contribution in [0.15, 0.2) is 12.7 Å². The van der Waals surface area contributed by atoms with E-state index in [9.17, 15) is 4.79 Å². The van der Waals surface area contributed by atoms with Gasteiger partial charge in [0.25, 0.3) is 0 Å². The van der Waals surface area contributed by atoms with Crippen molar-refractivity contribution in [2.24, 2.45) is 5.73 Å². The topological polar surface area (TPSA) is 94.0 Å². The number of aliphatic carboxylic acids is 1. The van der Waals surface area contributed by atoms with E-state index >= 15 is 0 Å². The Morgan fingerprint density at radius 1 is 1.83 bits per heavy atom. The second-order valence-corrected chi connectivity index (χ2v) is 2.82. The van der Waals surface area contributed by atoms with E-state index in [0.29, 0.717) is 0 Å². The summed E-state index contributed by atoms with van der Waals surface area (Å²) in [6.07, 6.45) is 2.76. The van der Waals surface area contributed by atoms with Crippen molar-refractivity contribution in [3.8, 4) is 0 Å². The molecule has 1 aromatic rings. The minimum Gasteiger partial charge on any atom is -0.480 e. The van der Waals surface area contributed by atoms with Gasteiger partial charge in [0.2, 0.25) is 0 Å². The Balaban J connectivity index is 2.69. The molecule has 0 aliphatic heterocycles. The van der Waals surface area contributed by atoms with Gasteiger partial charge in [-0.25, -0.2) is 4.98 Å². The molecule has 1 atom stereocenters. The lowest BCUT2D eigenvalue weighted by atomic mass is 10.1. The molecule has 12 heavy (non-hydrogen) atoms. The van der Waals surface area contributed by atoms with E-state index in [2.05, 4.69) is 10.1 Å². The van der Waals surface area contributed by atoms with Crippen LogP contribution in [0.4, 0.5) is 0 Å². The number of aromatic nitrogens is 3. The highest BCUT2D eigenvalue weighted by atomic mass is 16.4. The van der Waals surface area contributed by atoms with E-state index in [1.54, 1.807) is 0 Å². The van der Waals surface area contributed by atoms with Crippen molar-refractivity contribution in [3.63, 3.8) is 0 Å². The first-order valence-electron chi connectivity index (χ1n) is 3.37. The third kappa shape index (κ3) is 1.79. The first-order chi connectivity index (χ1) is 5.52. The summed E-state index contributed by atoms with van der Waals surface area (Å²) in [6.45, 7) is 1.54. The number of carboxylic acid groups (broad SMARTS) is 1. The van der Waals surface area contributed by atoms with E-state index in [-0.39, 0.29) is 6.54 Å². The first kappa shape index (κ1) is 8.66. The van der Waals surface area contributed by atoms with Gasteiger partial charge in [-0.15, -0.1) is 0 Å². The molecule has 1 aromatic heterocycles. The lowest BCUT2D eigenvalue weighted by molar-refractivity contribution is -0.143. The van der Waals surface area contributed by atoms with Crippen molar-refractivity contribution in [3.05, 3.63) is 12.7 Å². The average Bonchev–Trinajstić information content (AvgIpc) is 2.38. The molecule has 0 spiro atoms. The van der Waals surface area contributed by atoms with Crippen LogP contribution in [0.1, 0.15) is 6.92 Å². The van der Waals surface area contributed by atoms with Gasteiger partial charge < -0.3 is 10.8 Å². The molecule has 0 fully saturated rings. The molecule has 0 bridgehead atoms. The predicted octanol–water partition coefficient (Wildman–Crippen LogP) is -0.920. The second kappa shape index (κ2) is 2.90. The third-order valence-corrected chi connectivity index (χ3v) is 1.45. The van der Waals surface area contributed by atoms with Gasteiger partial charge in [-0.05, 0) is 6.92 Å². The molecule has 1 unspecified atom stereocenters. The minimum atomic E-state index is -1.30. The zero-order chi connectivity index (χ0) is 9.19. The number of nitrogens with zero attached hydrogens (tertiary/aromatic N) is 3. The molecule has 0 aliphatic carbocycles. The number of nitrogens with two attached hydrogens (primary N) is 1. The van der Waals surface area contributed by atoms with E-state index in [1.807, 2.05) is 0 Å². The third-order valence-electron chi connectivity index (χ3n) is 1.45. The highest BCUT2D eigenvalue weighted by molar-refractivity contribution is 5.77. The van der Waals surface area contributed by atoms with Crippen LogP contribution in [-0.4, -0.2) is 31.4 Å². The van der Waals surface area contributed by atoms with Crippen molar-refractivity contribution >= 4 is 5.97 Å². The number of hydrogen-bond donors (Lipinski definition) is 2. The van der Waals surface area contributed by atoms with Gasteiger partial charge >= 0.3 is 5.97 Å². The Labute approximate surface area is 69.0 Å². The fraction of sp³-hybridized carbons (Fsp3) is 0.500. The molecule has 66 valence electrons. The summed E-state index contributed by atoms with van der Waals surface area (Å²) in [4.78, 5) is 14.2. The van der Waals surface area contributed by atoms with Crippen LogP contribution in [0.2, 0.25) is 0 Å². The highest BCUT2D eigenvalue weighted by Gasteiger charge is 2.28. The molecule has 3 N–H and O–H groups in total. The Bertz CT molecular complexity index is 267. The molecule has 0 radical (unpaired) electrons. The van der Waals surface area contributed by atoms with Gasteiger partial charge in [0.15, 0.2) is 0 Å². The Kier molecular flexibility index (Phi) is 2.09. The van der Waals surface area contributed by atoms with Gasteiger partial charge in [0.05, 0.1) is 6.54 Å². The van der Waals surface area contributed by atoms with E-state index < -0.39 is 11.5 Å². The molecular formula is C6H10N4O2. The largest absolute Gasteiger partial charge is 0.480 e. The summed E-state index contributed by atoms with van der Waals surface area (Å²) in [5, 5.41) is 12.4. The van der Waals surface area contributed by atoms with E-state index in [4.69, 9.17) is 10.8 Å². The zero-order valence-corrected chi connectivity index (χ0v) is 6.64. The van der Waals surface area contributed by atoms with Crippen LogP contribution in [0, 0.1) is 0 Å². The molecule has 0 saturated carbocycles. The monoisotopic (exact) mass is 170 g/mol. The normalized spacial score (nSPS) is 15.5. The van der Waals surface area contributed by atoms with Gasteiger partial charge in [0, 0.05) is 0 Å². The van der Waals surface area contributed by atoms with Crippen LogP contribution in [0.3, 0.4) is 0 Å². The molecule has 0 aromatic carbocycles. The Hall–Kier alpha value is -1.43. The maximum Gasteiger partial charge on any atom is 0.325 e. The summed E-state index contributed by atoms with van der Waals surface area (Å²) in [6, 6.07) is 0. The van der Waals surface area contributed by atoms with E-state index in [0.717, 1.165) is 0 Å². The molecule has 1 rings (SSSR count). The number of hydrogen-bond acceptors (Lipinski definition) is 4. The highest BCUT2D eigenvalue weighted by Crippen LogP contribution is 2.01. The van der Waals surface area contributed by atoms with Gasteiger partial charge in [-0.1, -0.05) is 0 Å². The van der Waals surface area contributed by atoms with Gasteiger partial charge in [-0.2, -0.15) is 5.10 Å². The second-order valence-electron chi connectivity index (χ2n) is 2.82. The standard InChI is InChI=1S/C6H10N4O2/c1-6(7,5(11)12)2-10-4-8-3-9-10/h3-4H,2,7H2,1H3,(H,11,12). The van der Waals surface area contributed by atoms with Gasteiger partial charge in [-0.3, -0.25) is 9.48 Å². The molecule has 0 saturated heterocycles. The predicted molar refractivity (Wildman–Crippen MR) is 40.3 cm³/mol. The fourth-order valence-corrected chi connectivity index (χ4v) is 0.719. The maximum absolute atomic E-state index is 10.6. The lowest BCUT2D eigenvalue weighted by Gasteiger charge is -2.17. The number of carbonyl (C=O) groups is 1. The van der Waals surface area contributed by atoms with Crippen LogP contribution < -0.4 is 5.73 Å². The van der Waals surface area contributed by atoms with Crippen molar-refractivity contribution in [2.75, 3.05) is 0 Å². The number of rotatable bonds is 3. The van der Waals surface area contributed by atoms with Crippen LogP contribution in [0.25, 0.3) is 0 Å². The average molecular weight is 170 g/mol. The van der Waals surface area contributed by atoms with Crippen molar-refractivity contribution in [2.45, 2.75) is 19.0 Å². The Morgan fingerprint density at radius 2 is 2.50 bits per heavy atom. The van der Waals surface area contributed by atoms with Crippen LogP contribution >= 0.6 is 0 Å². The number of carboxylic acids is 1. The molecule has 6 nitrogen and oxygen atoms in total. The molecule has 1 heterocycles. The summed E-state index contributed by atoms with van der Waals surface area (Å²) in [5.41, 5.74) is 4.16. The SMILES string of the molecule is CC(N)(Cn1cncn1)C(=O)O. The van der Waals surface area contributed by atoms with E-state index in [1.165, 1.54) is 24.3 Å². The van der Waals surface area contributed by atoms with Crippen molar-refractivity contribution in [1.82, 2.24) is 14.8 Å². The summed E-state index contributed by atoms with van der Waals surface area (Å²) in [7, 11) is 0. The van der Waals surface area contributed by atoms with Gasteiger partial charge in [0.1, 0.15) is 18.2 Å².